The van der Waals surface area contributed by atoms with Crippen molar-refractivity contribution >= 4 is 11.8 Å². The highest BCUT2D eigenvalue weighted by atomic mass is 16.3. The molecule has 0 N–H and O–H groups in total. The largest absolute Gasteiger partial charge is 0.464 e. The van der Waals surface area contributed by atoms with Crippen LogP contribution in [-0.2, 0) is 17.9 Å². The zero-order chi connectivity index (χ0) is 24.9. The topological polar surface area (TPSA) is 53.8 Å². The molecule has 5 rings (SSSR count). The summed E-state index contributed by atoms with van der Waals surface area (Å²) in [4.78, 5) is 30.6. The van der Waals surface area contributed by atoms with E-state index >= 15 is 0 Å². The first kappa shape index (κ1) is 23.6. The minimum absolute atomic E-state index is 0.0520. The number of benzene rings is 3. The second-order valence-corrected chi connectivity index (χ2v) is 9.36. The van der Waals surface area contributed by atoms with Gasteiger partial charge in [-0.1, -0.05) is 72.8 Å². The lowest BCUT2D eigenvalue weighted by Gasteiger charge is -2.27. The third-order valence-electron chi connectivity index (χ3n) is 6.50. The van der Waals surface area contributed by atoms with Gasteiger partial charge in [0.15, 0.2) is 0 Å². The number of nitrogens with zero attached hydrogens (tertiary/aromatic N) is 2. The van der Waals surface area contributed by atoms with E-state index in [0.717, 1.165) is 41.1 Å². The Morgan fingerprint density at radius 1 is 0.778 bits per heavy atom. The van der Waals surface area contributed by atoms with Crippen LogP contribution in [0.2, 0.25) is 0 Å². The Morgan fingerprint density at radius 3 is 2.03 bits per heavy atom. The Bertz CT molecular complexity index is 1310. The van der Waals surface area contributed by atoms with Crippen molar-refractivity contribution in [3.8, 4) is 11.1 Å². The van der Waals surface area contributed by atoms with Crippen LogP contribution < -0.4 is 0 Å². The molecule has 3 aromatic carbocycles. The van der Waals surface area contributed by atoms with Crippen LogP contribution in [0.1, 0.15) is 40.3 Å². The summed E-state index contributed by atoms with van der Waals surface area (Å²) in [5.74, 6) is 1.36. The molecule has 1 saturated carbocycles. The van der Waals surface area contributed by atoms with Crippen LogP contribution in [-0.4, -0.2) is 34.2 Å². The second kappa shape index (κ2) is 10.6. The minimum Gasteiger partial charge on any atom is -0.464 e. The normalized spacial score (nSPS) is 12.8. The Balaban J connectivity index is 1.33. The molecule has 1 aliphatic carbocycles. The van der Waals surface area contributed by atoms with Crippen LogP contribution >= 0.6 is 0 Å². The Morgan fingerprint density at radius 2 is 1.42 bits per heavy atom. The number of amides is 2. The van der Waals surface area contributed by atoms with E-state index in [1.165, 1.54) is 0 Å². The van der Waals surface area contributed by atoms with Crippen LogP contribution in [0.4, 0.5) is 0 Å². The van der Waals surface area contributed by atoms with Crippen LogP contribution in [0, 0.1) is 6.92 Å². The van der Waals surface area contributed by atoms with Crippen molar-refractivity contribution in [2.24, 2.45) is 0 Å². The predicted molar refractivity (Wildman–Crippen MR) is 140 cm³/mol. The molecule has 0 spiro atoms. The molecule has 0 saturated heterocycles. The molecule has 182 valence electrons. The van der Waals surface area contributed by atoms with Crippen molar-refractivity contribution in [2.45, 2.75) is 38.9 Å². The number of carbonyl (C=O) groups is 2. The monoisotopic (exact) mass is 478 g/mol. The summed E-state index contributed by atoms with van der Waals surface area (Å²) in [5.41, 5.74) is 3.81. The van der Waals surface area contributed by atoms with Gasteiger partial charge in [0, 0.05) is 18.2 Å². The fourth-order valence-corrected chi connectivity index (χ4v) is 4.39. The highest BCUT2D eigenvalue weighted by Gasteiger charge is 2.35. The van der Waals surface area contributed by atoms with Gasteiger partial charge >= 0.3 is 0 Å². The van der Waals surface area contributed by atoms with Crippen molar-refractivity contribution in [2.75, 3.05) is 6.54 Å². The molecular weight excluding hydrogens is 448 g/mol. The number of hydrogen-bond acceptors (Lipinski definition) is 3. The molecule has 1 fully saturated rings. The second-order valence-electron chi connectivity index (χ2n) is 9.36. The van der Waals surface area contributed by atoms with Gasteiger partial charge in [-0.2, -0.15) is 0 Å². The summed E-state index contributed by atoms with van der Waals surface area (Å²) in [5, 5.41) is 0. The molecule has 0 atom stereocenters. The molecule has 0 radical (unpaired) electrons. The first-order valence-corrected chi connectivity index (χ1v) is 12.4. The molecule has 2 amide bonds. The summed E-state index contributed by atoms with van der Waals surface area (Å²) >= 11 is 0. The van der Waals surface area contributed by atoms with E-state index in [4.69, 9.17) is 4.42 Å². The maximum atomic E-state index is 13.6. The molecule has 5 nitrogen and oxygen atoms in total. The van der Waals surface area contributed by atoms with Gasteiger partial charge in [0.1, 0.15) is 18.1 Å². The zero-order valence-corrected chi connectivity index (χ0v) is 20.5. The minimum atomic E-state index is -0.0982. The van der Waals surface area contributed by atoms with E-state index in [-0.39, 0.29) is 24.4 Å². The standard InChI is InChI=1S/C31H30N2O3/c1-23-12-19-29(36-23)21-32(20-24-8-4-2-5-9-24)30(34)22-33(28-17-18-28)31(35)27-15-13-26(14-16-27)25-10-6-3-7-11-25/h2-16,19,28H,17-18,20-22H2,1H3. The average molecular weight is 479 g/mol. The van der Waals surface area contributed by atoms with Crippen LogP contribution in [0.15, 0.2) is 101 Å². The van der Waals surface area contributed by atoms with Gasteiger partial charge in [0.25, 0.3) is 5.91 Å². The van der Waals surface area contributed by atoms with Gasteiger partial charge in [-0.15, -0.1) is 0 Å². The molecule has 0 bridgehead atoms. The Kier molecular flexibility index (Phi) is 6.99. The van der Waals surface area contributed by atoms with Crippen molar-refractivity contribution in [1.82, 2.24) is 9.80 Å². The molecule has 1 aromatic heterocycles. The maximum absolute atomic E-state index is 13.6. The van der Waals surface area contributed by atoms with Gasteiger partial charge in [0.2, 0.25) is 5.91 Å². The predicted octanol–water partition coefficient (Wildman–Crippen LogP) is 6.09. The summed E-state index contributed by atoms with van der Waals surface area (Å²) in [6.45, 7) is 2.76. The Hall–Kier alpha value is -4.12. The number of rotatable bonds is 9. The zero-order valence-electron chi connectivity index (χ0n) is 20.5. The number of aryl methyl sites for hydroxylation is 1. The lowest BCUT2D eigenvalue weighted by atomic mass is 10.0. The summed E-state index contributed by atoms with van der Waals surface area (Å²) in [6.07, 6.45) is 1.86. The van der Waals surface area contributed by atoms with Crippen molar-refractivity contribution < 1.29 is 14.0 Å². The van der Waals surface area contributed by atoms with Gasteiger partial charge in [-0.05, 0) is 60.7 Å². The van der Waals surface area contributed by atoms with Gasteiger partial charge in [-0.3, -0.25) is 9.59 Å². The lowest BCUT2D eigenvalue weighted by molar-refractivity contribution is -0.133. The molecule has 4 aromatic rings. The Labute approximate surface area is 212 Å². The molecule has 1 heterocycles. The summed E-state index contributed by atoms with van der Waals surface area (Å²) in [6, 6.07) is 31.6. The number of hydrogen-bond donors (Lipinski definition) is 0. The first-order valence-electron chi connectivity index (χ1n) is 12.4. The first-order chi connectivity index (χ1) is 17.6. The van der Waals surface area contributed by atoms with E-state index in [0.29, 0.717) is 18.7 Å². The van der Waals surface area contributed by atoms with Gasteiger partial charge in [-0.25, -0.2) is 0 Å². The van der Waals surface area contributed by atoms with E-state index in [1.807, 2.05) is 104 Å². The summed E-state index contributed by atoms with van der Waals surface area (Å²) in [7, 11) is 0. The molecule has 36 heavy (non-hydrogen) atoms. The van der Waals surface area contributed by atoms with Crippen LogP contribution in [0.25, 0.3) is 11.1 Å². The van der Waals surface area contributed by atoms with Crippen LogP contribution in [0.5, 0.6) is 0 Å². The highest BCUT2D eigenvalue weighted by Crippen LogP contribution is 2.29. The average Bonchev–Trinajstić information content (AvgIpc) is 3.68. The molecule has 0 aliphatic heterocycles. The van der Waals surface area contributed by atoms with Crippen LogP contribution in [0.3, 0.4) is 0 Å². The van der Waals surface area contributed by atoms with Crippen molar-refractivity contribution in [3.63, 3.8) is 0 Å². The van der Waals surface area contributed by atoms with Gasteiger partial charge < -0.3 is 14.2 Å². The van der Waals surface area contributed by atoms with E-state index in [1.54, 1.807) is 9.80 Å². The highest BCUT2D eigenvalue weighted by molar-refractivity contribution is 5.97. The fourth-order valence-electron chi connectivity index (χ4n) is 4.39. The van der Waals surface area contributed by atoms with Crippen molar-refractivity contribution in [1.29, 1.82) is 0 Å². The van der Waals surface area contributed by atoms with E-state index in [9.17, 15) is 9.59 Å². The summed E-state index contributed by atoms with van der Waals surface area (Å²) < 4.78 is 5.76. The smallest absolute Gasteiger partial charge is 0.254 e. The number of furan rings is 1. The lowest BCUT2D eigenvalue weighted by Crippen LogP contribution is -2.43. The number of carbonyl (C=O) groups excluding carboxylic acids is 2. The van der Waals surface area contributed by atoms with Gasteiger partial charge in [0.05, 0.1) is 6.54 Å². The maximum Gasteiger partial charge on any atom is 0.254 e. The SMILES string of the molecule is Cc1ccc(CN(Cc2ccccc2)C(=O)CN(C(=O)c2ccc(-c3ccccc3)cc2)C2CC2)o1. The molecule has 1 aliphatic rings. The van der Waals surface area contributed by atoms with E-state index in [2.05, 4.69) is 0 Å². The third kappa shape index (κ3) is 5.74. The quantitative estimate of drug-likeness (QED) is 0.293. The van der Waals surface area contributed by atoms with Crippen molar-refractivity contribution in [3.05, 3.63) is 120 Å². The fraction of sp³-hybridized carbons (Fsp3) is 0.226. The molecular formula is C31H30N2O3. The molecule has 5 heteroatoms. The molecule has 0 unspecified atom stereocenters. The third-order valence-corrected chi connectivity index (χ3v) is 6.50. The van der Waals surface area contributed by atoms with E-state index < -0.39 is 0 Å².